The summed E-state index contributed by atoms with van der Waals surface area (Å²) in [6.07, 6.45) is 10.9. The Morgan fingerprint density at radius 3 is 2.43 bits per heavy atom. The standard InChI is InChI=1S/C18H27ClN2/c19-16-4-5-17(15(14-16)6-11-20)21-12-9-18(10-13-21)7-2-1-3-8-18/h4-5,14H,1-3,6-13,20H2. The molecule has 0 bridgehead atoms. The molecule has 1 saturated carbocycles. The zero-order chi connectivity index (χ0) is 14.7. The van der Waals surface area contributed by atoms with Gasteiger partial charge in [0, 0.05) is 23.8 Å². The second kappa shape index (κ2) is 6.58. The number of hydrogen-bond donors (Lipinski definition) is 1. The van der Waals surface area contributed by atoms with E-state index in [1.807, 2.05) is 6.07 Å². The van der Waals surface area contributed by atoms with Crippen LogP contribution < -0.4 is 10.6 Å². The van der Waals surface area contributed by atoms with Crippen molar-refractivity contribution in [2.24, 2.45) is 11.1 Å². The molecule has 0 radical (unpaired) electrons. The monoisotopic (exact) mass is 306 g/mol. The predicted molar refractivity (Wildman–Crippen MR) is 91.2 cm³/mol. The third-order valence-electron chi connectivity index (χ3n) is 5.53. The highest BCUT2D eigenvalue weighted by Crippen LogP contribution is 2.45. The minimum absolute atomic E-state index is 0.662. The summed E-state index contributed by atoms with van der Waals surface area (Å²) in [5.74, 6) is 0. The highest BCUT2D eigenvalue weighted by Gasteiger charge is 2.35. The fourth-order valence-corrected chi connectivity index (χ4v) is 4.44. The van der Waals surface area contributed by atoms with E-state index in [4.69, 9.17) is 17.3 Å². The smallest absolute Gasteiger partial charge is 0.0410 e. The molecule has 116 valence electrons. The number of rotatable bonds is 3. The van der Waals surface area contributed by atoms with Gasteiger partial charge in [-0.2, -0.15) is 0 Å². The fourth-order valence-electron chi connectivity index (χ4n) is 4.24. The minimum atomic E-state index is 0.662. The van der Waals surface area contributed by atoms with E-state index in [2.05, 4.69) is 17.0 Å². The topological polar surface area (TPSA) is 29.3 Å². The van der Waals surface area contributed by atoms with Gasteiger partial charge >= 0.3 is 0 Å². The van der Waals surface area contributed by atoms with Crippen LogP contribution in [0.15, 0.2) is 18.2 Å². The summed E-state index contributed by atoms with van der Waals surface area (Å²) in [6.45, 7) is 3.07. The van der Waals surface area contributed by atoms with Crippen LogP contribution in [0.3, 0.4) is 0 Å². The summed E-state index contributed by atoms with van der Waals surface area (Å²) in [5, 5.41) is 0.822. The lowest BCUT2D eigenvalue weighted by molar-refractivity contribution is 0.144. The Morgan fingerprint density at radius 2 is 1.76 bits per heavy atom. The average molecular weight is 307 g/mol. The molecular weight excluding hydrogens is 280 g/mol. The van der Waals surface area contributed by atoms with Crippen molar-refractivity contribution in [2.75, 3.05) is 24.5 Å². The maximum absolute atomic E-state index is 6.15. The third-order valence-corrected chi connectivity index (χ3v) is 5.77. The van der Waals surface area contributed by atoms with Gasteiger partial charge in [-0.3, -0.25) is 0 Å². The van der Waals surface area contributed by atoms with Crippen molar-refractivity contribution in [2.45, 2.75) is 51.4 Å². The van der Waals surface area contributed by atoms with Gasteiger partial charge < -0.3 is 10.6 Å². The first-order valence-corrected chi connectivity index (χ1v) is 8.84. The van der Waals surface area contributed by atoms with Gasteiger partial charge in [0.25, 0.3) is 0 Å². The fraction of sp³-hybridized carbons (Fsp3) is 0.667. The van der Waals surface area contributed by atoms with Crippen molar-refractivity contribution in [3.8, 4) is 0 Å². The lowest BCUT2D eigenvalue weighted by atomic mass is 9.68. The van der Waals surface area contributed by atoms with E-state index in [0.29, 0.717) is 12.0 Å². The molecule has 21 heavy (non-hydrogen) atoms. The van der Waals surface area contributed by atoms with Crippen LogP contribution in [0.5, 0.6) is 0 Å². The van der Waals surface area contributed by atoms with Gasteiger partial charge in [0.15, 0.2) is 0 Å². The summed E-state index contributed by atoms with van der Waals surface area (Å²) in [7, 11) is 0. The van der Waals surface area contributed by atoms with Crippen LogP contribution in [-0.4, -0.2) is 19.6 Å². The molecule has 1 saturated heterocycles. The van der Waals surface area contributed by atoms with Gasteiger partial charge in [0.2, 0.25) is 0 Å². The number of benzene rings is 1. The molecule has 3 heteroatoms. The van der Waals surface area contributed by atoms with Crippen molar-refractivity contribution >= 4 is 17.3 Å². The van der Waals surface area contributed by atoms with Crippen LogP contribution >= 0.6 is 11.6 Å². The summed E-state index contributed by atoms with van der Waals surface area (Å²) >= 11 is 6.15. The molecule has 2 N–H and O–H groups in total. The van der Waals surface area contributed by atoms with Crippen molar-refractivity contribution in [1.82, 2.24) is 0 Å². The average Bonchev–Trinajstić information content (AvgIpc) is 2.50. The summed E-state index contributed by atoms with van der Waals surface area (Å²) in [6, 6.07) is 6.29. The van der Waals surface area contributed by atoms with Crippen LogP contribution in [-0.2, 0) is 6.42 Å². The minimum Gasteiger partial charge on any atom is -0.371 e. The number of piperidine rings is 1. The Labute approximate surface area is 133 Å². The van der Waals surface area contributed by atoms with E-state index >= 15 is 0 Å². The van der Waals surface area contributed by atoms with Crippen LogP contribution in [0.1, 0.15) is 50.5 Å². The van der Waals surface area contributed by atoms with Gasteiger partial charge in [0.05, 0.1) is 0 Å². The summed E-state index contributed by atoms with van der Waals surface area (Å²) in [4.78, 5) is 2.56. The maximum Gasteiger partial charge on any atom is 0.0410 e. The Kier molecular flexibility index (Phi) is 4.75. The van der Waals surface area contributed by atoms with E-state index in [9.17, 15) is 0 Å². The van der Waals surface area contributed by atoms with E-state index in [0.717, 1.165) is 11.4 Å². The van der Waals surface area contributed by atoms with Gasteiger partial charge in [-0.15, -0.1) is 0 Å². The number of anilines is 1. The number of halogens is 1. The molecule has 0 unspecified atom stereocenters. The molecule has 2 fully saturated rings. The van der Waals surface area contributed by atoms with Gasteiger partial charge in [-0.05, 0) is 67.8 Å². The molecule has 2 aliphatic rings. The van der Waals surface area contributed by atoms with Gasteiger partial charge in [-0.25, -0.2) is 0 Å². The second-order valence-electron chi connectivity index (χ2n) is 6.86. The largest absolute Gasteiger partial charge is 0.371 e. The SMILES string of the molecule is NCCc1cc(Cl)ccc1N1CCC2(CCCCC2)CC1. The Morgan fingerprint density at radius 1 is 1.05 bits per heavy atom. The molecule has 0 aromatic heterocycles. The molecular formula is C18H27ClN2. The van der Waals surface area contributed by atoms with Crippen molar-refractivity contribution in [3.63, 3.8) is 0 Å². The molecule has 1 aromatic rings. The normalized spacial score (nSPS) is 21.7. The van der Waals surface area contributed by atoms with Crippen LogP contribution in [0.25, 0.3) is 0 Å². The highest BCUT2D eigenvalue weighted by atomic mass is 35.5. The molecule has 1 aromatic carbocycles. The molecule has 1 aliphatic heterocycles. The second-order valence-corrected chi connectivity index (χ2v) is 7.30. The zero-order valence-electron chi connectivity index (χ0n) is 12.9. The lowest BCUT2D eigenvalue weighted by Crippen LogP contribution is -2.41. The molecule has 1 heterocycles. The van der Waals surface area contributed by atoms with Crippen LogP contribution in [0.2, 0.25) is 5.02 Å². The Bertz CT molecular complexity index is 470. The molecule has 0 amide bonds. The third kappa shape index (κ3) is 3.37. The van der Waals surface area contributed by atoms with E-state index in [-0.39, 0.29) is 0 Å². The number of nitrogens with two attached hydrogens (primary N) is 1. The first-order valence-electron chi connectivity index (χ1n) is 8.46. The van der Waals surface area contributed by atoms with E-state index < -0.39 is 0 Å². The molecule has 1 aliphatic carbocycles. The first kappa shape index (κ1) is 15.2. The molecule has 0 atom stereocenters. The maximum atomic E-state index is 6.15. The Hall–Kier alpha value is -0.730. The molecule has 2 nitrogen and oxygen atoms in total. The highest BCUT2D eigenvalue weighted by molar-refractivity contribution is 6.30. The summed E-state index contributed by atoms with van der Waals surface area (Å²) < 4.78 is 0. The van der Waals surface area contributed by atoms with Crippen molar-refractivity contribution in [1.29, 1.82) is 0 Å². The van der Waals surface area contributed by atoms with E-state index in [1.165, 1.54) is 69.3 Å². The van der Waals surface area contributed by atoms with Crippen LogP contribution in [0.4, 0.5) is 5.69 Å². The first-order chi connectivity index (χ1) is 10.2. The molecule has 1 spiro atoms. The molecule has 3 rings (SSSR count). The summed E-state index contributed by atoms with van der Waals surface area (Å²) in [5.41, 5.74) is 9.09. The Balaban J connectivity index is 1.71. The quantitative estimate of drug-likeness (QED) is 0.897. The lowest BCUT2D eigenvalue weighted by Gasteiger charge is -2.45. The van der Waals surface area contributed by atoms with Crippen LogP contribution in [0, 0.1) is 5.41 Å². The van der Waals surface area contributed by atoms with Crippen molar-refractivity contribution < 1.29 is 0 Å². The van der Waals surface area contributed by atoms with Gasteiger partial charge in [0.1, 0.15) is 0 Å². The number of hydrogen-bond acceptors (Lipinski definition) is 2. The zero-order valence-corrected chi connectivity index (χ0v) is 13.7. The van der Waals surface area contributed by atoms with Crippen molar-refractivity contribution in [3.05, 3.63) is 28.8 Å². The predicted octanol–water partition coefficient (Wildman–Crippen LogP) is 4.39. The number of nitrogens with zero attached hydrogens (tertiary/aromatic N) is 1. The van der Waals surface area contributed by atoms with Gasteiger partial charge in [-0.1, -0.05) is 30.9 Å². The van der Waals surface area contributed by atoms with E-state index in [1.54, 1.807) is 0 Å².